The zero-order valence-corrected chi connectivity index (χ0v) is 13.9. The number of carbonyl (C=O) groups excluding carboxylic acids is 1. The van der Waals surface area contributed by atoms with Gasteiger partial charge in [0.1, 0.15) is 0 Å². The lowest BCUT2D eigenvalue weighted by molar-refractivity contribution is -0.172. The lowest BCUT2D eigenvalue weighted by atomic mass is 9.46. The minimum Gasteiger partial charge on any atom is -0.396 e. The van der Waals surface area contributed by atoms with Crippen molar-refractivity contribution < 1.29 is 14.6 Å². The number of amides is 2. The second-order valence-corrected chi connectivity index (χ2v) is 7.40. The average molecular weight is 330 g/mol. The number of nitrogens with one attached hydrogen (secondary N) is 2. The van der Waals surface area contributed by atoms with Crippen molar-refractivity contribution in [1.29, 1.82) is 0 Å². The Bertz CT molecular complexity index is 588. The summed E-state index contributed by atoms with van der Waals surface area (Å²) in [6, 6.07) is 9.78. The van der Waals surface area contributed by atoms with Crippen molar-refractivity contribution in [3.63, 3.8) is 0 Å². The molecule has 24 heavy (non-hydrogen) atoms. The molecule has 1 saturated heterocycles. The van der Waals surface area contributed by atoms with E-state index in [0.29, 0.717) is 18.4 Å². The third-order valence-corrected chi connectivity index (χ3v) is 6.25. The van der Waals surface area contributed by atoms with Crippen molar-refractivity contribution in [3.05, 3.63) is 35.9 Å². The molecule has 1 aliphatic heterocycles. The standard InChI is InChI=1S/C19H26N2O3/c22-11-7-15(13-5-2-1-3-6-13)20-18(23)21-16-14-8-12-24-17(14)19(16)9-4-10-19/h1-3,5-6,14-17,22H,4,7-12H2,(H2,20,21,23)/t14?,15-,16?,17?/m1/s1. The first-order valence-electron chi connectivity index (χ1n) is 9.09. The summed E-state index contributed by atoms with van der Waals surface area (Å²) in [7, 11) is 0. The first-order valence-corrected chi connectivity index (χ1v) is 9.09. The molecule has 2 amide bonds. The lowest BCUT2D eigenvalue weighted by Gasteiger charge is -2.63. The van der Waals surface area contributed by atoms with Gasteiger partial charge in [-0.05, 0) is 31.2 Å². The number of aliphatic hydroxyl groups is 1. The fourth-order valence-corrected chi connectivity index (χ4v) is 4.93. The van der Waals surface area contributed by atoms with Crippen molar-refractivity contribution in [2.45, 2.75) is 50.3 Å². The van der Waals surface area contributed by atoms with E-state index in [2.05, 4.69) is 10.6 Å². The maximum absolute atomic E-state index is 12.6. The Balaban J connectivity index is 1.40. The van der Waals surface area contributed by atoms with Gasteiger partial charge in [-0.2, -0.15) is 0 Å². The minimum absolute atomic E-state index is 0.0474. The van der Waals surface area contributed by atoms with Gasteiger partial charge < -0.3 is 20.5 Å². The normalized spacial score (nSPS) is 30.8. The molecule has 5 heteroatoms. The zero-order chi connectivity index (χ0) is 16.6. The number of ether oxygens (including phenoxy) is 1. The van der Waals surface area contributed by atoms with E-state index >= 15 is 0 Å². The topological polar surface area (TPSA) is 70.6 Å². The van der Waals surface area contributed by atoms with Crippen LogP contribution in [0.15, 0.2) is 30.3 Å². The van der Waals surface area contributed by atoms with E-state index in [1.54, 1.807) is 0 Å². The Morgan fingerprint density at radius 3 is 2.79 bits per heavy atom. The second-order valence-electron chi connectivity index (χ2n) is 7.40. The molecule has 4 atom stereocenters. The summed E-state index contributed by atoms with van der Waals surface area (Å²) in [5.74, 6) is 0.476. The smallest absolute Gasteiger partial charge is 0.315 e. The van der Waals surface area contributed by atoms with Gasteiger partial charge in [0.25, 0.3) is 0 Å². The highest BCUT2D eigenvalue weighted by atomic mass is 16.5. The predicted molar refractivity (Wildman–Crippen MR) is 90.5 cm³/mol. The summed E-state index contributed by atoms with van der Waals surface area (Å²) in [4.78, 5) is 12.6. The first-order chi connectivity index (χ1) is 11.7. The Labute approximate surface area is 142 Å². The molecule has 130 valence electrons. The summed E-state index contributed by atoms with van der Waals surface area (Å²) < 4.78 is 5.91. The van der Waals surface area contributed by atoms with Crippen molar-refractivity contribution in [2.24, 2.45) is 11.3 Å². The zero-order valence-electron chi connectivity index (χ0n) is 13.9. The van der Waals surface area contributed by atoms with Crippen LogP contribution in [-0.2, 0) is 4.74 Å². The average Bonchev–Trinajstić information content (AvgIpc) is 2.97. The van der Waals surface area contributed by atoms with Gasteiger partial charge in [-0.15, -0.1) is 0 Å². The van der Waals surface area contributed by atoms with Gasteiger partial charge in [0.2, 0.25) is 0 Å². The molecule has 0 radical (unpaired) electrons. The van der Waals surface area contributed by atoms with Crippen molar-refractivity contribution in [1.82, 2.24) is 10.6 Å². The lowest BCUT2D eigenvalue weighted by Crippen LogP contribution is -2.72. The number of benzene rings is 1. The van der Waals surface area contributed by atoms with Crippen LogP contribution in [0.4, 0.5) is 4.79 Å². The van der Waals surface area contributed by atoms with Crippen LogP contribution < -0.4 is 10.6 Å². The number of fused-ring (bicyclic) bond motifs is 2. The number of hydrogen-bond acceptors (Lipinski definition) is 3. The molecule has 3 fully saturated rings. The maximum atomic E-state index is 12.6. The third kappa shape index (κ3) is 2.50. The Kier molecular flexibility index (Phi) is 4.22. The molecule has 3 aliphatic rings. The van der Waals surface area contributed by atoms with Gasteiger partial charge in [-0.3, -0.25) is 0 Å². The number of hydrogen-bond donors (Lipinski definition) is 3. The first kappa shape index (κ1) is 15.9. The minimum atomic E-state index is -0.163. The second kappa shape index (κ2) is 6.37. The summed E-state index contributed by atoms with van der Waals surface area (Å²) in [5, 5.41) is 15.6. The summed E-state index contributed by atoms with van der Waals surface area (Å²) in [6.45, 7) is 0.875. The molecule has 1 aromatic rings. The number of urea groups is 1. The molecule has 2 aliphatic carbocycles. The summed E-state index contributed by atoms with van der Waals surface area (Å²) >= 11 is 0. The van der Waals surface area contributed by atoms with Crippen molar-refractivity contribution >= 4 is 6.03 Å². The number of carbonyl (C=O) groups is 1. The number of aliphatic hydroxyl groups excluding tert-OH is 1. The molecule has 3 N–H and O–H groups in total. The van der Waals surface area contributed by atoms with Crippen LogP contribution in [0.2, 0.25) is 0 Å². The van der Waals surface area contributed by atoms with Gasteiger partial charge in [-0.1, -0.05) is 36.8 Å². The van der Waals surface area contributed by atoms with Crippen LogP contribution in [0.3, 0.4) is 0 Å². The molecule has 1 spiro atoms. The van der Waals surface area contributed by atoms with Gasteiger partial charge >= 0.3 is 6.03 Å². The van der Waals surface area contributed by atoms with Gasteiger partial charge in [0.05, 0.1) is 12.1 Å². The predicted octanol–water partition coefficient (Wildman–Crippen LogP) is 2.37. The van der Waals surface area contributed by atoms with E-state index in [1.165, 1.54) is 6.42 Å². The third-order valence-electron chi connectivity index (χ3n) is 6.25. The molecule has 5 nitrogen and oxygen atoms in total. The Morgan fingerprint density at radius 1 is 1.33 bits per heavy atom. The van der Waals surface area contributed by atoms with Gasteiger partial charge in [-0.25, -0.2) is 4.79 Å². The monoisotopic (exact) mass is 330 g/mol. The molecule has 0 bridgehead atoms. The molecule has 4 rings (SSSR count). The fourth-order valence-electron chi connectivity index (χ4n) is 4.93. The Morgan fingerprint density at radius 2 is 2.12 bits per heavy atom. The quantitative estimate of drug-likeness (QED) is 0.776. The van der Waals surface area contributed by atoms with E-state index in [9.17, 15) is 9.90 Å². The Hall–Kier alpha value is -1.59. The summed E-state index contributed by atoms with van der Waals surface area (Å²) in [6.07, 6.45) is 5.50. The highest BCUT2D eigenvalue weighted by molar-refractivity contribution is 5.75. The van der Waals surface area contributed by atoms with E-state index in [4.69, 9.17) is 4.74 Å². The molecular formula is C19H26N2O3. The van der Waals surface area contributed by atoms with Crippen LogP contribution in [0.25, 0.3) is 0 Å². The van der Waals surface area contributed by atoms with Crippen LogP contribution in [0, 0.1) is 11.3 Å². The van der Waals surface area contributed by atoms with Gasteiger partial charge in [0, 0.05) is 30.6 Å². The molecule has 2 saturated carbocycles. The molecule has 1 heterocycles. The molecule has 0 aromatic heterocycles. The van der Waals surface area contributed by atoms with Crippen LogP contribution >= 0.6 is 0 Å². The molecule has 1 aromatic carbocycles. The van der Waals surface area contributed by atoms with Crippen molar-refractivity contribution in [3.8, 4) is 0 Å². The highest BCUT2D eigenvalue weighted by Gasteiger charge is 2.67. The van der Waals surface area contributed by atoms with Crippen LogP contribution in [0.5, 0.6) is 0 Å². The van der Waals surface area contributed by atoms with Gasteiger partial charge in [0.15, 0.2) is 0 Å². The van der Waals surface area contributed by atoms with Crippen molar-refractivity contribution in [2.75, 3.05) is 13.2 Å². The van der Waals surface area contributed by atoms with E-state index < -0.39 is 0 Å². The maximum Gasteiger partial charge on any atom is 0.315 e. The largest absolute Gasteiger partial charge is 0.396 e. The van der Waals surface area contributed by atoms with E-state index in [1.807, 2.05) is 30.3 Å². The SMILES string of the molecule is O=C(NC1C2CCOC2C12CCC2)N[C@H](CCO)c1ccccc1. The summed E-state index contributed by atoms with van der Waals surface area (Å²) in [5.41, 5.74) is 1.22. The van der Waals surface area contributed by atoms with E-state index in [0.717, 1.165) is 31.4 Å². The molecule has 3 unspecified atom stereocenters. The fraction of sp³-hybridized carbons (Fsp3) is 0.632. The van der Waals surface area contributed by atoms with Crippen LogP contribution in [-0.4, -0.2) is 36.5 Å². The van der Waals surface area contributed by atoms with Crippen LogP contribution in [0.1, 0.15) is 43.7 Å². The number of rotatable bonds is 5. The van der Waals surface area contributed by atoms with E-state index in [-0.39, 0.29) is 30.1 Å². The molecular weight excluding hydrogens is 304 g/mol. The highest BCUT2D eigenvalue weighted by Crippen LogP contribution is 2.62.